The first-order valence-electron chi connectivity index (χ1n) is 7.95. The standard InChI is InChI=1S/C17H25NO3/c1-12-5-6-18(13(2)9-12)11-15(19)14-3-4-16-17(10-14)21-8-7-20-16/h3-4,10,12-13,15,19H,5-9,11H2,1-2H3. The van der Waals surface area contributed by atoms with E-state index >= 15 is 0 Å². The molecule has 1 N–H and O–H groups in total. The van der Waals surface area contributed by atoms with Crippen LogP contribution in [0.4, 0.5) is 0 Å². The number of β-amino-alcohol motifs (C(OH)–C–C–N with tert-alkyl or cyclic N) is 1. The highest BCUT2D eigenvalue weighted by Crippen LogP contribution is 2.33. The zero-order valence-corrected chi connectivity index (χ0v) is 12.9. The van der Waals surface area contributed by atoms with E-state index in [9.17, 15) is 5.11 Å². The highest BCUT2D eigenvalue weighted by molar-refractivity contribution is 5.44. The van der Waals surface area contributed by atoms with Crippen LogP contribution in [0, 0.1) is 5.92 Å². The van der Waals surface area contributed by atoms with Crippen molar-refractivity contribution in [1.82, 2.24) is 4.90 Å². The van der Waals surface area contributed by atoms with Crippen molar-refractivity contribution in [3.8, 4) is 11.5 Å². The fraction of sp³-hybridized carbons (Fsp3) is 0.647. The number of fused-ring (bicyclic) bond motifs is 1. The summed E-state index contributed by atoms with van der Waals surface area (Å²) in [6, 6.07) is 6.29. The van der Waals surface area contributed by atoms with Gasteiger partial charge in [0.05, 0.1) is 6.10 Å². The maximum absolute atomic E-state index is 10.5. The lowest BCUT2D eigenvalue weighted by Crippen LogP contribution is -2.42. The topological polar surface area (TPSA) is 41.9 Å². The minimum absolute atomic E-state index is 0.475. The van der Waals surface area contributed by atoms with Crippen LogP contribution < -0.4 is 9.47 Å². The van der Waals surface area contributed by atoms with Gasteiger partial charge in [0.15, 0.2) is 11.5 Å². The average molecular weight is 291 g/mol. The molecule has 0 bridgehead atoms. The fourth-order valence-corrected chi connectivity index (χ4v) is 3.32. The van der Waals surface area contributed by atoms with Crippen LogP contribution in [-0.4, -0.2) is 42.4 Å². The molecule has 3 atom stereocenters. The van der Waals surface area contributed by atoms with Crippen molar-refractivity contribution < 1.29 is 14.6 Å². The summed E-state index contributed by atoms with van der Waals surface area (Å²) < 4.78 is 11.1. The normalized spacial score (nSPS) is 27.4. The molecule has 21 heavy (non-hydrogen) atoms. The maximum atomic E-state index is 10.5. The van der Waals surface area contributed by atoms with Gasteiger partial charge in [0, 0.05) is 12.6 Å². The van der Waals surface area contributed by atoms with Gasteiger partial charge >= 0.3 is 0 Å². The second-order valence-electron chi connectivity index (χ2n) is 6.39. The van der Waals surface area contributed by atoms with Gasteiger partial charge < -0.3 is 14.6 Å². The van der Waals surface area contributed by atoms with Gasteiger partial charge in [0.2, 0.25) is 0 Å². The molecule has 0 aromatic heterocycles. The molecule has 3 rings (SSSR count). The summed E-state index contributed by atoms with van der Waals surface area (Å²) in [7, 11) is 0. The number of rotatable bonds is 3. The zero-order chi connectivity index (χ0) is 14.8. The van der Waals surface area contributed by atoms with Crippen molar-refractivity contribution in [2.24, 2.45) is 5.92 Å². The summed E-state index contributed by atoms with van der Waals surface area (Å²) in [6.07, 6.45) is 1.96. The molecule has 116 valence electrons. The summed E-state index contributed by atoms with van der Waals surface area (Å²) in [5.41, 5.74) is 0.907. The number of aliphatic hydroxyl groups excluding tert-OH is 1. The summed E-state index contributed by atoms with van der Waals surface area (Å²) in [4.78, 5) is 2.39. The smallest absolute Gasteiger partial charge is 0.161 e. The molecule has 2 heterocycles. The van der Waals surface area contributed by atoms with Gasteiger partial charge in [-0.15, -0.1) is 0 Å². The molecule has 0 radical (unpaired) electrons. The third-order valence-electron chi connectivity index (χ3n) is 4.63. The molecule has 1 aromatic rings. The lowest BCUT2D eigenvalue weighted by atomic mass is 9.93. The molecule has 4 heteroatoms. The number of benzene rings is 1. The van der Waals surface area contributed by atoms with Crippen LogP contribution >= 0.6 is 0 Å². The van der Waals surface area contributed by atoms with Crippen LogP contribution in [0.1, 0.15) is 38.4 Å². The van der Waals surface area contributed by atoms with E-state index in [2.05, 4.69) is 18.7 Å². The summed E-state index contributed by atoms with van der Waals surface area (Å²) in [5.74, 6) is 2.32. The maximum Gasteiger partial charge on any atom is 0.161 e. The Bertz CT molecular complexity index is 491. The second kappa shape index (κ2) is 6.24. The van der Waals surface area contributed by atoms with Gasteiger partial charge in [-0.25, -0.2) is 0 Å². The summed E-state index contributed by atoms with van der Waals surface area (Å²) in [5, 5.41) is 10.5. The predicted molar refractivity (Wildman–Crippen MR) is 81.8 cm³/mol. The van der Waals surface area contributed by atoms with Crippen LogP contribution in [0.3, 0.4) is 0 Å². The van der Waals surface area contributed by atoms with E-state index in [-0.39, 0.29) is 0 Å². The number of hydrogen-bond acceptors (Lipinski definition) is 4. The van der Waals surface area contributed by atoms with Crippen LogP contribution in [0.25, 0.3) is 0 Å². The molecule has 3 unspecified atom stereocenters. The Kier molecular flexibility index (Phi) is 4.36. The first-order valence-corrected chi connectivity index (χ1v) is 7.95. The SMILES string of the molecule is CC1CCN(CC(O)c2ccc3c(c2)OCCO3)C(C)C1. The Morgan fingerprint density at radius 3 is 2.76 bits per heavy atom. The van der Waals surface area contributed by atoms with Gasteiger partial charge in [0.1, 0.15) is 13.2 Å². The summed E-state index contributed by atoms with van der Waals surface area (Å²) in [6.45, 7) is 7.50. The van der Waals surface area contributed by atoms with Crippen LogP contribution in [0.2, 0.25) is 0 Å². The largest absolute Gasteiger partial charge is 0.486 e. The van der Waals surface area contributed by atoms with E-state index in [1.54, 1.807) is 0 Å². The number of ether oxygens (including phenoxy) is 2. The third-order valence-corrected chi connectivity index (χ3v) is 4.63. The van der Waals surface area contributed by atoms with Crippen molar-refractivity contribution >= 4 is 0 Å². The van der Waals surface area contributed by atoms with Gasteiger partial charge in [0.25, 0.3) is 0 Å². The number of aliphatic hydroxyl groups is 1. The molecule has 0 saturated carbocycles. The second-order valence-corrected chi connectivity index (χ2v) is 6.39. The first-order chi connectivity index (χ1) is 10.1. The molecular formula is C17H25NO3. The Hall–Kier alpha value is -1.26. The average Bonchev–Trinajstić information content (AvgIpc) is 2.49. The van der Waals surface area contributed by atoms with Crippen LogP contribution in [0.5, 0.6) is 11.5 Å². The fourth-order valence-electron chi connectivity index (χ4n) is 3.32. The molecule has 2 aliphatic rings. The van der Waals surface area contributed by atoms with Crippen LogP contribution in [-0.2, 0) is 0 Å². The lowest BCUT2D eigenvalue weighted by molar-refractivity contribution is 0.0598. The van der Waals surface area contributed by atoms with Crippen molar-refractivity contribution in [2.75, 3.05) is 26.3 Å². The van der Waals surface area contributed by atoms with E-state index in [1.807, 2.05) is 18.2 Å². The van der Waals surface area contributed by atoms with E-state index in [1.165, 1.54) is 12.8 Å². The molecule has 1 fully saturated rings. The van der Waals surface area contributed by atoms with E-state index < -0.39 is 6.10 Å². The third kappa shape index (κ3) is 3.33. The zero-order valence-electron chi connectivity index (χ0n) is 12.9. The molecule has 4 nitrogen and oxygen atoms in total. The Morgan fingerprint density at radius 1 is 1.24 bits per heavy atom. The molecule has 0 spiro atoms. The molecular weight excluding hydrogens is 266 g/mol. The highest BCUT2D eigenvalue weighted by atomic mass is 16.6. The Balaban J connectivity index is 1.66. The minimum Gasteiger partial charge on any atom is -0.486 e. The van der Waals surface area contributed by atoms with Gasteiger partial charge in [-0.2, -0.15) is 0 Å². The molecule has 0 amide bonds. The van der Waals surface area contributed by atoms with Gasteiger partial charge in [-0.3, -0.25) is 4.90 Å². The quantitative estimate of drug-likeness (QED) is 0.929. The van der Waals surface area contributed by atoms with Crippen molar-refractivity contribution in [1.29, 1.82) is 0 Å². The molecule has 1 aromatic carbocycles. The highest BCUT2D eigenvalue weighted by Gasteiger charge is 2.25. The van der Waals surface area contributed by atoms with Crippen molar-refractivity contribution in [3.63, 3.8) is 0 Å². The number of likely N-dealkylation sites (tertiary alicyclic amines) is 1. The molecule has 1 saturated heterocycles. The minimum atomic E-state index is -0.475. The number of hydrogen-bond donors (Lipinski definition) is 1. The number of nitrogens with zero attached hydrogens (tertiary/aromatic N) is 1. The Morgan fingerprint density at radius 2 is 2.00 bits per heavy atom. The van der Waals surface area contributed by atoms with Gasteiger partial charge in [-0.05, 0) is 49.9 Å². The first kappa shape index (κ1) is 14.7. The summed E-state index contributed by atoms with van der Waals surface area (Å²) >= 11 is 0. The van der Waals surface area contributed by atoms with Crippen molar-refractivity contribution in [3.05, 3.63) is 23.8 Å². The number of piperidine rings is 1. The van der Waals surface area contributed by atoms with E-state index in [4.69, 9.17) is 9.47 Å². The molecule has 0 aliphatic carbocycles. The molecule has 2 aliphatic heterocycles. The lowest BCUT2D eigenvalue weighted by Gasteiger charge is -2.37. The van der Waals surface area contributed by atoms with E-state index in [0.29, 0.717) is 25.8 Å². The van der Waals surface area contributed by atoms with Gasteiger partial charge in [-0.1, -0.05) is 13.0 Å². The Labute approximate surface area is 126 Å². The van der Waals surface area contributed by atoms with E-state index in [0.717, 1.165) is 29.5 Å². The van der Waals surface area contributed by atoms with Crippen LogP contribution in [0.15, 0.2) is 18.2 Å². The monoisotopic (exact) mass is 291 g/mol. The predicted octanol–water partition coefficient (Wildman–Crippen LogP) is 2.61. The van der Waals surface area contributed by atoms with Crippen molar-refractivity contribution in [2.45, 2.75) is 38.8 Å².